The van der Waals surface area contributed by atoms with E-state index in [2.05, 4.69) is 19.9 Å². The minimum absolute atomic E-state index is 0.0270. The van der Waals surface area contributed by atoms with E-state index in [4.69, 9.17) is 4.98 Å². The standard InChI is InChI=1S/C19H23N3OS/c1-12-7-6-10-17(14(12)3)22-18(23)15-8-4-5-9-16(15)21-19(22)24-13(2)11-20/h4-5,8-9,12-14,17H,6-7,10H2,1-3H3/t12-,13-,14+,17+/m0/s1. The first-order valence-electron chi connectivity index (χ1n) is 8.60. The molecule has 126 valence electrons. The molecular formula is C19H23N3OS. The maximum Gasteiger partial charge on any atom is 0.262 e. The molecule has 1 fully saturated rings. The van der Waals surface area contributed by atoms with E-state index < -0.39 is 0 Å². The number of aromatic nitrogens is 2. The summed E-state index contributed by atoms with van der Waals surface area (Å²) in [7, 11) is 0. The number of nitrogens with zero attached hydrogens (tertiary/aromatic N) is 3. The smallest absolute Gasteiger partial charge is 0.262 e. The van der Waals surface area contributed by atoms with Crippen LogP contribution in [0.15, 0.2) is 34.2 Å². The second kappa shape index (κ2) is 6.98. The van der Waals surface area contributed by atoms with Gasteiger partial charge in [0.1, 0.15) is 0 Å². The molecule has 0 saturated heterocycles. The summed E-state index contributed by atoms with van der Waals surface area (Å²) < 4.78 is 1.88. The maximum atomic E-state index is 13.2. The topological polar surface area (TPSA) is 58.7 Å². The second-order valence-corrected chi connectivity index (χ2v) is 8.12. The molecule has 0 radical (unpaired) electrons. The van der Waals surface area contributed by atoms with Gasteiger partial charge in [0.05, 0.1) is 22.2 Å². The van der Waals surface area contributed by atoms with Gasteiger partial charge in [-0.15, -0.1) is 0 Å². The van der Waals surface area contributed by atoms with Gasteiger partial charge in [-0.2, -0.15) is 5.26 Å². The summed E-state index contributed by atoms with van der Waals surface area (Å²) in [5.41, 5.74) is 0.738. The molecule has 1 aromatic heterocycles. The van der Waals surface area contributed by atoms with E-state index in [1.807, 2.05) is 35.8 Å². The van der Waals surface area contributed by atoms with Crippen LogP contribution in [-0.4, -0.2) is 14.8 Å². The molecule has 1 aromatic carbocycles. The molecule has 1 heterocycles. The molecule has 1 aliphatic rings. The van der Waals surface area contributed by atoms with Gasteiger partial charge >= 0.3 is 0 Å². The lowest BCUT2D eigenvalue weighted by atomic mass is 9.78. The van der Waals surface area contributed by atoms with Crippen molar-refractivity contribution in [2.45, 2.75) is 56.5 Å². The average molecular weight is 341 g/mol. The average Bonchev–Trinajstić information content (AvgIpc) is 2.58. The summed E-state index contributed by atoms with van der Waals surface area (Å²) in [6, 6.07) is 9.89. The predicted molar refractivity (Wildman–Crippen MR) is 98.2 cm³/mol. The van der Waals surface area contributed by atoms with Crippen LogP contribution in [0.5, 0.6) is 0 Å². The largest absolute Gasteiger partial charge is 0.284 e. The molecule has 0 unspecified atom stereocenters. The van der Waals surface area contributed by atoms with E-state index in [0.29, 0.717) is 27.9 Å². The molecule has 5 heteroatoms. The third-order valence-corrected chi connectivity index (χ3v) is 6.19. The van der Waals surface area contributed by atoms with Crippen molar-refractivity contribution < 1.29 is 0 Å². The molecule has 0 spiro atoms. The SMILES string of the molecule is C[C@H]1[C@H](n2c(S[C@@H](C)C#N)nc3ccccc3c2=O)CCC[C@@H]1C. The fourth-order valence-electron chi connectivity index (χ4n) is 3.60. The normalized spacial score (nSPS) is 25.3. The van der Waals surface area contributed by atoms with Gasteiger partial charge in [0.2, 0.25) is 0 Å². The second-order valence-electron chi connectivity index (χ2n) is 6.81. The van der Waals surface area contributed by atoms with Crippen molar-refractivity contribution in [1.29, 1.82) is 5.26 Å². The molecule has 0 aliphatic heterocycles. The molecule has 1 aliphatic carbocycles. The summed E-state index contributed by atoms with van der Waals surface area (Å²) in [5, 5.41) is 10.3. The van der Waals surface area contributed by atoms with Crippen molar-refractivity contribution in [1.82, 2.24) is 9.55 Å². The molecule has 4 nitrogen and oxygen atoms in total. The molecule has 1 saturated carbocycles. The number of nitriles is 1. The predicted octanol–water partition coefficient (Wildman–Crippen LogP) is 4.40. The highest BCUT2D eigenvalue weighted by molar-refractivity contribution is 8.00. The molecule has 2 aromatic rings. The van der Waals surface area contributed by atoms with Gasteiger partial charge in [0.25, 0.3) is 5.56 Å². The Kier molecular flexibility index (Phi) is 4.96. The van der Waals surface area contributed by atoms with Crippen LogP contribution in [-0.2, 0) is 0 Å². The van der Waals surface area contributed by atoms with E-state index in [1.165, 1.54) is 18.2 Å². The van der Waals surface area contributed by atoms with E-state index in [-0.39, 0.29) is 16.9 Å². The van der Waals surface area contributed by atoms with Crippen molar-refractivity contribution in [3.05, 3.63) is 34.6 Å². The number of hydrogen-bond acceptors (Lipinski definition) is 4. The Bertz CT molecular complexity index is 839. The highest BCUT2D eigenvalue weighted by Crippen LogP contribution is 2.39. The Morgan fingerprint density at radius 2 is 2.08 bits per heavy atom. The Balaban J connectivity index is 2.19. The maximum absolute atomic E-state index is 13.2. The van der Waals surface area contributed by atoms with Crippen LogP contribution in [0.25, 0.3) is 10.9 Å². The van der Waals surface area contributed by atoms with Crippen molar-refractivity contribution in [3.63, 3.8) is 0 Å². The first kappa shape index (κ1) is 17.0. The van der Waals surface area contributed by atoms with Gasteiger partial charge in [-0.05, 0) is 37.3 Å². The van der Waals surface area contributed by atoms with Gasteiger partial charge in [-0.1, -0.05) is 50.6 Å². The van der Waals surface area contributed by atoms with Crippen molar-refractivity contribution in [3.8, 4) is 6.07 Å². The fourth-order valence-corrected chi connectivity index (χ4v) is 4.46. The van der Waals surface area contributed by atoms with Gasteiger partial charge in [-0.3, -0.25) is 9.36 Å². The number of para-hydroxylation sites is 1. The van der Waals surface area contributed by atoms with Gasteiger partial charge in [-0.25, -0.2) is 4.98 Å². The van der Waals surface area contributed by atoms with Crippen LogP contribution in [0.2, 0.25) is 0 Å². The minimum Gasteiger partial charge on any atom is -0.284 e. The highest BCUT2D eigenvalue weighted by Gasteiger charge is 2.31. The fraction of sp³-hybridized carbons (Fsp3) is 0.526. The molecule has 3 rings (SSSR count). The van der Waals surface area contributed by atoms with Crippen LogP contribution < -0.4 is 5.56 Å². The molecule has 0 bridgehead atoms. The number of benzene rings is 1. The lowest BCUT2D eigenvalue weighted by Crippen LogP contribution is -2.35. The number of rotatable bonds is 3. The summed E-state index contributed by atoms with van der Waals surface area (Å²) in [6.45, 7) is 6.35. The molecule has 24 heavy (non-hydrogen) atoms. The molecule has 0 amide bonds. The zero-order chi connectivity index (χ0) is 17.3. The molecular weight excluding hydrogens is 318 g/mol. The first-order valence-corrected chi connectivity index (χ1v) is 9.48. The highest BCUT2D eigenvalue weighted by atomic mass is 32.2. The number of fused-ring (bicyclic) bond motifs is 1. The lowest BCUT2D eigenvalue weighted by molar-refractivity contribution is 0.173. The Morgan fingerprint density at radius 1 is 1.33 bits per heavy atom. The number of thioether (sulfide) groups is 1. The zero-order valence-electron chi connectivity index (χ0n) is 14.4. The quantitative estimate of drug-likeness (QED) is 0.613. The molecule has 4 atom stereocenters. The lowest BCUT2D eigenvalue weighted by Gasteiger charge is -2.36. The monoisotopic (exact) mass is 341 g/mol. The van der Waals surface area contributed by atoms with Crippen LogP contribution in [0.3, 0.4) is 0 Å². The number of hydrogen-bond donors (Lipinski definition) is 0. The van der Waals surface area contributed by atoms with E-state index >= 15 is 0 Å². The van der Waals surface area contributed by atoms with Crippen LogP contribution >= 0.6 is 11.8 Å². The molecule has 0 N–H and O–H groups in total. The van der Waals surface area contributed by atoms with Crippen LogP contribution in [0.4, 0.5) is 0 Å². The summed E-state index contributed by atoms with van der Waals surface area (Å²) >= 11 is 1.39. The summed E-state index contributed by atoms with van der Waals surface area (Å²) in [6.07, 6.45) is 3.35. The Hall–Kier alpha value is -1.80. The van der Waals surface area contributed by atoms with E-state index in [9.17, 15) is 10.1 Å². The van der Waals surface area contributed by atoms with Crippen molar-refractivity contribution in [2.24, 2.45) is 11.8 Å². The van der Waals surface area contributed by atoms with Crippen LogP contribution in [0.1, 0.15) is 46.1 Å². The summed E-state index contributed by atoms with van der Waals surface area (Å²) in [4.78, 5) is 17.9. The van der Waals surface area contributed by atoms with Crippen LogP contribution in [0, 0.1) is 23.2 Å². The van der Waals surface area contributed by atoms with E-state index in [1.54, 1.807) is 0 Å². The first-order chi connectivity index (χ1) is 11.5. The minimum atomic E-state index is -0.236. The van der Waals surface area contributed by atoms with Crippen molar-refractivity contribution in [2.75, 3.05) is 0 Å². The van der Waals surface area contributed by atoms with Gasteiger partial charge in [0, 0.05) is 6.04 Å². The summed E-state index contributed by atoms with van der Waals surface area (Å²) in [5.74, 6) is 1.02. The van der Waals surface area contributed by atoms with Crippen molar-refractivity contribution >= 4 is 22.7 Å². The van der Waals surface area contributed by atoms with E-state index in [0.717, 1.165) is 12.8 Å². The Labute approximate surface area is 146 Å². The van der Waals surface area contributed by atoms with Gasteiger partial charge in [0.15, 0.2) is 5.16 Å². The third kappa shape index (κ3) is 3.08. The zero-order valence-corrected chi connectivity index (χ0v) is 15.2. The Morgan fingerprint density at radius 3 is 2.83 bits per heavy atom. The van der Waals surface area contributed by atoms with Gasteiger partial charge < -0.3 is 0 Å². The third-order valence-electron chi connectivity index (χ3n) is 5.23.